The molecule has 0 radical (unpaired) electrons. The van der Waals surface area contributed by atoms with E-state index in [1.54, 1.807) is 12.1 Å². The van der Waals surface area contributed by atoms with Crippen molar-refractivity contribution in [3.63, 3.8) is 0 Å². The van der Waals surface area contributed by atoms with Gasteiger partial charge in [-0.1, -0.05) is 78.6 Å². The summed E-state index contributed by atoms with van der Waals surface area (Å²) in [5.41, 5.74) is 2.94. The highest BCUT2D eigenvalue weighted by Gasteiger charge is 2.32. The lowest BCUT2D eigenvalue weighted by Crippen LogP contribution is -2.27. The van der Waals surface area contributed by atoms with Crippen molar-refractivity contribution in [3.8, 4) is 5.75 Å². The molecule has 1 aliphatic heterocycles. The summed E-state index contributed by atoms with van der Waals surface area (Å²) in [5.74, 6) is -0.436. The second-order valence-corrected chi connectivity index (χ2v) is 8.79. The van der Waals surface area contributed by atoms with Gasteiger partial charge in [-0.3, -0.25) is 9.69 Å². The van der Waals surface area contributed by atoms with E-state index in [2.05, 4.69) is 0 Å². The summed E-state index contributed by atoms with van der Waals surface area (Å²) in [6.07, 6.45) is 1.81. The van der Waals surface area contributed by atoms with Gasteiger partial charge in [0.2, 0.25) is 0 Å². The molecule has 1 amide bonds. The molecular weight excluding hydrogens is 442 g/mol. The van der Waals surface area contributed by atoms with Crippen LogP contribution in [0.5, 0.6) is 5.75 Å². The first-order valence-electron chi connectivity index (χ1n) is 9.84. The minimum Gasteiger partial charge on any atom is -0.489 e. The van der Waals surface area contributed by atoms with Gasteiger partial charge in [-0.25, -0.2) is 4.79 Å². The van der Waals surface area contributed by atoms with Gasteiger partial charge in [0, 0.05) is 0 Å². The smallest absolute Gasteiger partial charge is 0.335 e. The Hall–Kier alpha value is -3.42. The lowest BCUT2D eigenvalue weighted by atomic mass is 10.1. The van der Waals surface area contributed by atoms with Gasteiger partial charge in [-0.05, 0) is 47.0 Å². The molecule has 0 saturated carbocycles. The Kier molecular flexibility index (Phi) is 6.68. The number of hydrogen-bond acceptors (Lipinski definition) is 5. The molecule has 4 rings (SSSR count). The number of hydrogen-bond donors (Lipinski definition) is 1. The van der Waals surface area contributed by atoms with Crippen LogP contribution < -0.4 is 4.74 Å². The summed E-state index contributed by atoms with van der Waals surface area (Å²) >= 11 is 6.66. The van der Waals surface area contributed by atoms with E-state index < -0.39 is 5.97 Å². The quantitative estimate of drug-likeness (QED) is 0.377. The molecule has 160 valence electrons. The average molecular weight is 462 g/mol. The molecule has 1 heterocycles. The van der Waals surface area contributed by atoms with Gasteiger partial charge in [0.1, 0.15) is 16.7 Å². The van der Waals surface area contributed by atoms with E-state index >= 15 is 0 Å². The van der Waals surface area contributed by atoms with Crippen LogP contribution in [-0.2, 0) is 17.9 Å². The first-order chi connectivity index (χ1) is 15.5. The topological polar surface area (TPSA) is 66.8 Å². The summed E-state index contributed by atoms with van der Waals surface area (Å²) in [6.45, 7) is 0.759. The number of thiocarbonyl (C=S) groups is 1. The Morgan fingerprint density at radius 1 is 1.00 bits per heavy atom. The van der Waals surface area contributed by atoms with E-state index in [1.807, 2.05) is 60.7 Å². The molecule has 1 N–H and O–H groups in total. The van der Waals surface area contributed by atoms with Crippen LogP contribution in [0, 0.1) is 0 Å². The highest BCUT2D eigenvalue weighted by Crippen LogP contribution is 2.34. The van der Waals surface area contributed by atoms with Crippen molar-refractivity contribution >= 4 is 46.3 Å². The fourth-order valence-corrected chi connectivity index (χ4v) is 4.41. The molecule has 1 fully saturated rings. The zero-order valence-electron chi connectivity index (χ0n) is 16.9. The van der Waals surface area contributed by atoms with Gasteiger partial charge >= 0.3 is 5.97 Å². The zero-order chi connectivity index (χ0) is 22.5. The number of carbonyl (C=O) groups is 2. The molecule has 0 bridgehead atoms. The number of rotatable bonds is 7. The zero-order valence-corrected chi connectivity index (χ0v) is 18.6. The fourth-order valence-electron chi connectivity index (χ4n) is 3.16. The van der Waals surface area contributed by atoms with E-state index in [1.165, 1.54) is 28.8 Å². The monoisotopic (exact) mass is 461 g/mol. The first-order valence-corrected chi connectivity index (χ1v) is 11.1. The second kappa shape index (κ2) is 9.80. The minimum atomic E-state index is -0.986. The van der Waals surface area contributed by atoms with Crippen molar-refractivity contribution in [1.82, 2.24) is 4.90 Å². The highest BCUT2D eigenvalue weighted by molar-refractivity contribution is 8.26. The average Bonchev–Trinajstić information content (AvgIpc) is 3.06. The molecule has 3 aromatic carbocycles. The Balaban J connectivity index is 1.44. The van der Waals surface area contributed by atoms with Crippen LogP contribution >= 0.6 is 24.0 Å². The molecule has 7 heteroatoms. The number of aromatic carboxylic acids is 1. The molecular formula is C25H19NO4S2. The lowest BCUT2D eigenvalue weighted by molar-refractivity contribution is -0.122. The van der Waals surface area contributed by atoms with Crippen LogP contribution in [0.15, 0.2) is 83.8 Å². The molecule has 5 nitrogen and oxygen atoms in total. The molecule has 0 atom stereocenters. The molecule has 0 aliphatic carbocycles. The highest BCUT2D eigenvalue weighted by atomic mass is 32.2. The van der Waals surface area contributed by atoms with E-state index in [-0.39, 0.29) is 11.5 Å². The Morgan fingerprint density at radius 3 is 2.47 bits per heavy atom. The van der Waals surface area contributed by atoms with Crippen LogP contribution in [0.25, 0.3) is 6.08 Å². The van der Waals surface area contributed by atoms with Crippen molar-refractivity contribution < 1.29 is 19.4 Å². The number of carboxylic acid groups (broad SMARTS) is 1. The third kappa shape index (κ3) is 5.25. The van der Waals surface area contributed by atoms with Gasteiger partial charge in [0.05, 0.1) is 17.0 Å². The van der Waals surface area contributed by atoms with Crippen molar-refractivity contribution in [2.45, 2.75) is 13.2 Å². The van der Waals surface area contributed by atoms with Crippen LogP contribution in [0.3, 0.4) is 0 Å². The third-order valence-electron chi connectivity index (χ3n) is 4.82. The predicted molar refractivity (Wildman–Crippen MR) is 129 cm³/mol. The van der Waals surface area contributed by atoms with Gasteiger partial charge in [0.25, 0.3) is 5.91 Å². The van der Waals surface area contributed by atoms with Gasteiger partial charge in [-0.15, -0.1) is 0 Å². The Labute approximate surface area is 195 Å². The van der Waals surface area contributed by atoms with Crippen LogP contribution in [0.1, 0.15) is 27.0 Å². The number of nitrogens with zero attached hydrogens (tertiary/aromatic N) is 1. The van der Waals surface area contributed by atoms with Crippen molar-refractivity contribution in [1.29, 1.82) is 0 Å². The molecule has 1 saturated heterocycles. The fraction of sp³-hybridized carbons (Fsp3) is 0.0800. The normalized spacial score (nSPS) is 14.8. The summed E-state index contributed by atoms with van der Waals surface area (Å²) in [6, 6.07) is 23.9. The SMILES string of the molecule is O=C(O)c1ccc(CN2C(=O)/C(=C/c3cccc(OCc4ccccc4)c3)SC2=S)cc1. The first kappa shape index (κ1) is 21.8. The number of ether oxygens (including phenoxy) is 1. The molecule has 32 heavy (non-hydrogen) atoms. The van der Waals surface area contributed by atoms with Gasteiger partial charge < -0.3 is 9.84 Å². The molecule has 3 aromatic rings. The molecule has 0 aromatic heterocycles. The van der Waals surface area contributed by atoms with E-state index in [0.29, 0.717) is 22.4 Å². The van der Waals surface area contributed by atoms with Crippen molar-refractivity contribution in [2.24, 2.45) is 0 Å². The molecule has 0 unspecified atom stereocenters. The second-order valence-electron chi connectivity index (χ2n) is 7.12. The summed E-state index contributed by atoms with van der Waals surface area (Å²) in [5, 5.41) is 9.03. The van der Waals surface area contributed by atoms with E-state index in [0.717, 1.165) is 22.4 Å². The predicted octanol–water partition coefficient (Wildman–Crippen LogP) is 5.37. The standard InChI is InChI=1S/C25H19NO4S2/c27-23-22(32-25(31)26(23)15-17-9-11-20(12-10-17)24(28)29)14-19-7-4-8-21(13-19)30-16-18-5-2-1-3-6-18/h1-14H,15-16H2,(H,28,29)/b22-14-. The van der Waals surface area contributed by atoms with Crippen LogP contribution in [0.2, 0.25) is 0 Å². The maximum Gasteiger partial charge on any atom is 0.335 e. The third-order valence-corrected chi connectivity index (χ3v) is 6.20. The Bertz CT molecular complexity index is 1190. The number of benzene rings is 3. The maximum absolute atomic E-state index is 12.9. The van der Waals surface area contributed by atoms with Crippen molar-refractivity contribution in [2.75, 3.05) is 0 Å². The molecule has 0 spiro atoms. The number of thioether (sulfide) groups is 1. The van der Waals surface area contributed by atoms with Gasteiger partial charge in [0.15, 0.2) is 0 Å². The summed E-state index contributed by atoms with van der Waals surface area (Å²) in [4.78, 5) is 26.0. The summed E-state index contributed by atoms with van der Waals surface area (Å²) < 4.78 is 6.35. The number of carbonyl (C=O) groups excluding carboxylic acids is 1. The largest absolute Gasteiger partial charge is 0.489 e. The maximum atomic E-state index is 12.9. The van der Waals surface area contributed by atoms with Crippen LogP contribution in [-0.4, -0.2) is 26.2 Å². The van der Waals surface area contributed by atoms with Crippen molar-refractivity contribution in [3.05, 3.63) is 106 Å². The summed E-state index contributed by atoms with van der Waals surface area (Å²) in [7, 11) is 0. The van der Waals surface area contributed by atoms with E-state index in [4.69, 9.17) is 22.1 Å². The Morgan fingerprint density at radius 2 is 1.75 bits per heavy atom. The van der Waals surface area contributed by atoms with E-state index in [9.17, 15) is 9.59 Å². The van der Waals surface area contributed by atoms with Crippen LogP contribution in [0.4, 0.5) is 0 Å². The number of carboxylic acids is 1. The number of amides is 1. The molecule has 1 aliphatic rings. The van der Waals surface area contributed by atoms with Gasteiger partial charge in [-0.2, -0.15) is 0 Å². The minimum absolute atomic E-state index is 0.169. The lowest BCUT2D eigenvalue weighted by Gasteiger charge is -2.14.